The quantitative estimate of drug-likeness (QED) is 0.548. The Kier molecular flexibility index (Phi) is 20.0. The van der Waals surface area contributed by atoms with E-state index in [1.165, 1.54) is 0 Å². The third-order valence-electron chi connectivity index (χ3n) is 0.759. The standard InChI is InChI=1S/C5H14N2O.C2H6/c1-7-3-5-8-4-2-6;1-2/h7H,2-6H2,1H3;1-2H3. The van der Waals surface area contributed by atoms with Gasteiger partial charge < -0.3 is 15.8 Å². The van der Waals surface area contributed by atoms with Crippen molar-refractivity contribution < 1.29 is 4.74 Å². The molecule has 0 aliphatic heterocycles. The Labute approximate surface area is 63.9 Å². The monoisotopic (exact) mass is 148 g/mol. The third kappa shape index (κ3) is 15.7. The fourth-order valence-electron chi connectivity index (χ4n) is 0.360. The minimum Gasteiger partial charge on any atom is -0.379 e. The summed E-state index contributed by atoms with van der Waals surface area (Å²) in [6, 6.07) is 0. The van der Waals surface area contributed by atoms with Gasteiger partial charge in [0, 0.05) is 13.1 Å². The van der Waals surface area contributed by atoms with Crippen LogP contribution in [0.5, 0.6) is 0 Å². The number of ether oxygens (including phenoxy) is 1. The van der Waals surface area contributed by atoms with Crippen LogP contribution in [-0.4, -0.2) is 33.4 Å². The Morgan fingerprint density at radius 1 is 1.30 bits per heavy atom. The molecule has 3 N–H and O–H groups in total. The fourth-order valence-corrected chi connectivity index (χ4v) is 0.360. The SMILES string of the molecule is CC.CNCCOCCN. The zero-order valence-electron chi connectivity index (χ0n) is 7.31. The summed E-state index contributed by atoms with van der Waals surface area (Å²) in [4.78, 5) is 0. The van der Waals surface area contributed by atoms with Gasteiger partial charge in [0.25, 0.3) is 0 Å². The van der Waals surface area contributed by atoms with E-state index in [-0.39, 0.29) is 0 Å². The lowest BCUT2D eigenvalue weighted by molar-refractivity contribution is 0.145. The summed E-state index contributed by atoms with van der Waals surface area (Å²) in [5.41, 5.74) is 5.17. The van der Waals surface area contributed by atoms with Gasteiger partial charge in [0.15, 0.2) is 0 Å². The Morgan fingerprint density at radius 2 is 1.90 bits per heavy atom. The van der Waals surface area contributed by atoms with Crippen molar-refractivity contribution in [1.29, 1.82) is 0 Å². The molecule has 0 aromatic rings. The van der Waals surface area contributed by atoms with Gasteiger partial charge in [-0.25, -0.2) is 0 Å². The van der Waals surface area contributed by atoms with Crippen molar-refractivity contribution in [2.75, 3.05) is 33.4 Å². The molecule has 0 heterocycles. The van der Waals surface area contributed by atoms with Crippen LogP contribution >= 0.6 is 0 Å². The van der Waals surface area contributed by atoms with Crippen LogP contribution in [0.25, 0.3) is 0 Å². The molecule has 0 amide bonds. The number of nitrogens with one attached hydrogen (secondary N) is 1. The molecule has 0 aliphatic carbocycles. The molecule has 0 atom stereocenters. The van der Waals surface area contributed by atoms with E-state index in [4.69, 9.17) is 10.5 Å². The van der Waals surface area contributed by atoms with Crippen LogP contribution in [-0.2, 0) is 4.74 Å². The van der Waals surface area contributed by atoms with Gasteiger partial charge in [0.2, 0.25) is 0 Å². The molecule has 0 saturated carbocycles. The predicted molar refractivity (Wildman–Crippen MR) is 45.1 cm³/mol. The molecule has 0 saturated heterocycles. The van der Waals surface area contributed by atoms with Crippen LogP contribution in [0.4, 0.5) is 0 Å². The molecule has 0 aliphatic rings. The van der Waals surface area contributed by atoms with Crippen LogP contribution in [0.1, 0.15) is 13.8 Å². The highest BCUT2D eigenvalue weighted by Crippen LogP contribution is 1.67. The number of hydrogen-bond acceptors (Lipinski definition) is 3. The number of rotatable bonds is 5. The Bertz CT molecular complexity index is 36.6. The summed E-state index contributed by atoms with van der Waals surface area (Å²) < 4.78 is 5.04. The normalized spacial score (nSPS) is 8.40. The lowest BCUT2D eigenvalue weighted by Crippen LogP contribution is -2.17. The minimum absolute atomic E-state index is 0.615. The average molecular weight is 148 g/mol. The molecule has 0 radical (unpaired) electrons. The first-order chi connectivity index (χ1) is 4.91. The summed E-state index contributed by atoms with van der Waals surface area (Å²) in [6.07, 6.45) is 0. The predicted octanol–water partition coefficient (Wildman–Crippen LogP) is 0.207. The molecule has 64 valence electrons. The topological polar surface area (TPSA) is 47.3 Å². The maximum Gasteiger partial charge on any atom is 0.0591 e. The van der Waals surface area contributed by atoms with E-state index < -0.39 is 0 Å². The second kappa shape index (κ2) is 15.9. The average Bonchev–Trinajstić information content (AvgIpc) is 2.02. The van der Waals surface area contributed by atoms with E-state index in [0.717, 1.165) is 13.2 Å². The van der Waals surface area contributed by atoms with Gasteiger partial charge in [-0.3, -0.25) is 0 Å². The molecule has 3 heteroatoms. The molecular formula is C7H20N2O. The molecule has 0 unspecified atom stereocenters. The van der Waals surface area contributed by atoms with Crippen molar-refractivity contribution in [3.63, 3.8) is 0 Å². The van der Waals surface area contributed by atoms with Crippen molar-refractivity contribution in [2.45, 2.75) is 13.8 Å². The largest absolute Gasteiger partial charge is 0.379 e. The van der Waals surface area contributed by atoms with Crippen LogP contribution in [0.3, 0.4) is 0 Å². The molecule has 0 aromatic carbocycles. The Balaban J connectivity index is 0. The molecule has 0 fully saturated rings. The summed E-state index contributed by atoms with van der Waals surface area (Å²) in [7, 11) is 1.89. The first-order valence-corrected chi connectivity index (χ1v) is 3.84. The summed E-state index contributed by atoms with van der Waals surface area (Å²) in [5, 5.41) is 2.96. The van der Waals surface area contributed by atoms with Crippen molar-refractivity contribution in [2.24, 2.45) is 5.73 Å². The Hall–Kier alpha value is -0.120. The third-order valence-corrected chi connectivity index (χ3v) is 0.759. The van der Waals surface area contributed by atoms with Crippen molar-refractivity contribution >= 4 is 0 Å². The second-order valence-electron chi connectivity index (χ2n) is 1.50. The molecular weight excluding hydrogens is 128 g/mol. The maximum atomic E-state index is 5.17. The van der Waals surface area contributed by atoms with Gasteiger partial charge in [-0.15, -0.1) is 0 Å². The molecule has 0 bridgehead atoms. The van der Waals surface area contributed by atoms with E-state index in [2.05, 4.69) is 5.32 Å². The zero-order valence-corrected chi connectivity index (χ0v) is 7.31. The lowest BCUT2D eigenvalue weighted by atomic mass is 10.7. The van der Waals surface area contributed by atoms with Crippen LogP contribution in [0, 0.1) is 0 Å². The highest BCUT2D eigenvalue weighted by atomic mass is 16.5. The van der Waals surface area contributed by atoms with Crippen LogP contribution < -0.4 is 11.1 Å². The van der Waals surface area contributed by atoms with E-state index in [1.807, 2.05) is 20.9 Å². The van der Waals surface area contributed by atoms with Gasteiger partial charge in [-0.1, -0.05) is 13.8 Å². The first-order valence-electron chi connectivity index (χ1n) is 3.84. The van der Waals surface area contributed by atoms with Crippen LogP contribution in [0.2, 0.25) is 0 Å². The Morgan fingerprint density at radius 3 is 2.30 bits per heavy atom. The van der Waals surface area contributed by atoms with E-state index >= 15 is 0 Å². The number of likely N-dealkylation sites (N-methyl/N-ethyl adjacent to an activating group) is 1. The van der Waals surface area contributed by atoms with Crippen LogP contribution in [0.15, 0.2) is 0 Å². The summed E-state index contributed by atoms with van der Waals surface area (Å²) in [6.45, 7) is 6.94. The van der Waals surface area contributed by atoms with E-state index in [0.29, 0.717) is 13.2 Å². The van der Waals surface area contributed by atoms with Crippen molar-refractivity contribution in [3.05, 3.63) is 0 Å². The minimum atomic E-state index is 0.615. The van der Waals surface area contributed by atoms with Gasteiger partial charge in [-0.2, -0.15) is 0 Å². The number of nitrogens with two attached hydrogens (primary N) is 1. The van der Waals surface area contributed by atoms with Crippen molar-refractivity contribution in [1.82, 2.24) is 5.32 Å². The fraction of sp³-hybridized carbons (Fsp3) is 1.00. The summed E-state index contributed by atoms with van der Waals surface area (Å²) in [5.74, 6) is 0. The maximum absolute atomic E-state index is 5.17. The molecule has 10 heavy (non-hydrogen) atoms. The first kappa shape index (κ1) is 12.5. The van der Waals surface area contributed by atoms with Crippen molar-refractivity contribution in [3.8, 4) is 0 Å². The second-order valence-corrected chi connectivity index (χ2v) is 1.50. The van der Waals surface area contributed by atoms with Gasteiger partial charge in [-0.05, 0) is 7.05 Å². The molecule has 0 rings (SSSR count). The molecule has 3 nitrogen and oxygen atoms in total. The molecule has 0 aromatic heterocycles. The highest BCUT2D eigenvalue weighted by Gasteiger charge is 1.80. The van der Waals surface area contributed by atoms with Gasteiger partial charge >= 0.3 is 0 Å². The van der Waals surface area contributed by atoms with Gasteiger partial charge in [0.05, 0.1) is 13.2 Å². The van der Waals surface area contributed by atoms with E-state index in [9.17, 15) is 0 Å². The van der Waals surface area contributed by atoms with Gasteiger partial charge in [0.1, 0.15) is 0 Å². The highest BCUT2D eigenvalue weighted by molar-refractivity contribution is 4.35. The molecule has 0 spiro atoms. The zero-order chi connectivity index (χ0) is 8.24. The smallest absolute Gasteiger partial charge is 0.0591 e. The summed E-state index contributed by atoms with van der Waals surface area (Å²) >= 11 is 0. The number of hydrogen-bond donors (Lipinski definition) is 2. The van der Waals surface area contributed by atoms with E-state index in [1.54, 1.807) is 0 Å². The lowest BCUT2D eigenvalue weighted by Gasteiger charge is -1.98.